The van der Waals surface area contributed by atoms with Gasteiger partial charge in [0.15, 0.2) is 11.7 Å². The Kier molecular flexibility index (Phi) is 5.68. The summed E-state index contributed by atoms with van der Waals surface area (Å²) in [5, 5.41) is 0.588. The van der Waals surface area contributed by atoms with E-state index in [-0.39, 0.29) is 18.1 Å². The minimum Gasteiger partial charge on any atom is -0.441 e. The predicted molar refractivity (Wildman–Crippen MR) is 98.1 cm³/mol. The Labute approximate surface area is 156 Å². The van der Waals surface area contributed by atoms with Crippen LogP contribution in [0.25, 0.3) is 11.3 Å². The van der Waals surface area contributed by atoms with Crippen LogP contribution in [0.3, 0.4) is 0 Å². The highest BCUT2D eigenvalue weighted by atomic mass is 35.5. The van der Waals surface area contributed by atoms with Gasteiger partial charge in [-0.15, -0.1) is 0 Å². The minimum absolute atomic E-state index is 0.0354. The lowest BCUT2D eigenvalue weighted by Crippen LogP contribution is -2.26. The molecule has 0 aliphatic rings. The van der Waals surface area contributed by atoms with Gasteiger partial charge in [-0.25, -0.2) is 9.37 Å². The average Bonchev–Trinajstić information content (AvgIpc) is 3.10. The van der Waals surface area contributed by atoms with Gasteiger partial charge < -0.3 is 9.32 Å². The number of oxazole rings is 1. The Bertz CT molecular complexity index is 893. The number of aryl methyl sites for hydroxylation is 1. The van der Waals surface area contributed by atoms with Crippen molar-refractivity contribution in [1.29, 1.82) is 0 Å². The maximum Gasteiger partial charge on any atom is 0.223 e. The first-order valence-electron chi connectivity index (χ1n) is 8.21. The van der Waals surface area contributed by atoms with E-state index in [0.29, 0.717) is 29.6 Å². The van der Waals surface area contributed by atoms with Gasteiger partial charge in [-0.1, -0.05) is 35.9 Å². The highest BCUT2D eigenvalue weighted by Gasteiger charge is 2.13. The number of amides is 1. The molecule has 1 amide bonds. The number of halogens is 2. The van der Waals surface area contributed by atoms with Crippen molar-refractivity contribution in [2.45, 2.75) is 19.4 Å². The Balaban J connectivity index is 1.56. The van der Waals surface area contributed by atoms with Crippen LogP contribution in [0.4, 0.5) is 4.39 Å². The van der Waals surface area contributed by atoms with E-state index in [1.54, 1.807) is 36.3 Å². The molecule has 0 saturated carbocycles. The first-order chi connectivity index (χ1) is 12.5. The van der Waals surface area contributed by atoms with Gasteiger partial charge in [0.25, 0.3) is 0 Å². The first kappa shape index (κ1) is 18.1. The largest absolute Gasteiger partial charge is 0.441 e. The molecule has 0 aliphatic heterocycles. The molecular weight excluding hydrogens is 355 g/mol. The fourth-order valence-electron chi connectivity index (χ4n) is 2.57. The molecule has 0 unspecified atom stereocenters. The van der Waals surface area contributed by atoms with Gasteiger partial charge in [0, 0.05) is 32.0 Å². The second kappa shape index (κ2) is 8.15. The van der Waals surface area contributed by atoms with Crippen LogP contribution in [-0.4, -0.2) is 22.8 Å². The molecule has 3 rings (SSSR count). The van der Waals surface area contributed by atoms with Crippen LogP contribution in [0.5, 0.6) is 0 Å². The molecule has 2 aromatic carbocycles. The summed E-state index contributed by atoms with van der Waals surface area (Å²) < 4.78 is 18.6. The number of aromatic nitrogens is 1. The van der Waals surface area contributed by atoms with Gasteiger partial charge in [0.2, 0.25) is 5.91 Å². The van der Waals surface area contributed by atoms with E-state index in [9.17, 15) is 9.18 Å². The molecule has 0 saturated heterocycles. The molecule has 0 N–H and O–H groups in total. The SMILES string of the molecule is CN(Cc1ccc(F)cc1)C(=O)CCc1ncc(-c2ccccc2Cl)o1. The molecule has 6 heteroatoms. The van der Waals surface area contributed by atoms with Crippen molar-refractivity contribution < 1.29 is 13.6 Å². The van der Waals surface area contributed by atoms with Crippen LogP contribution < -0.4 is 0 Å². The maximum absolute atomic E-state index is 12.9. The number of carbonyl (C=O) groups is 1. The maximum atomic E-state index is 12.9. The molecule has 134 valence electrons. The Morgan fingerprint density at radius 1 is 1.19 bits per heavy atom. The number of benzene rings is 2. The summed E-state index contributed by atoms with van der Waals surface area (Å²) in [4.78, 5) is 18.1. The number of hydrogen-bond acceptors (Lipinski definition) is 3. The van der Waals surface area contributed by atoms with Crippen molar-refractivity contribution in [2.75, 3.05) is 7.05 Å². The van der Waals surface area contributed by atoms with Crippen LogP contribution in [-0.2, 0) is 17.8 Å². The van der Waals surface area contributed by atoms with Crippen molar-refractivity contribution in [3.05, 3.63) is 77.0 Å². The van der Waals surface area contributed by atoms with Gasteiger partial charge in [0.05, 0.1) is 11.2 Å². The van der Waals surface area contributed by atoms with Gasteiger partial charge in [-0.2, -0.15) is 0 Å². The topological polar surface area (TPSA) is 46.3 Å². The standard InChI is InChI=1S/C20H18ClFN2O2/c1-24(13-14-6-8-15(22)9-7-14)20(25)11-10-19-23-12-18(26-19)16-4-2-3-5-17(16)21/h2-9,12H,10-11,13H2,1H3. The third-order valence-electron chi connectivity index (χ3n) is 4.00. The number of nitrogens with zero attached hydrogens (tertiary/aromatic N) is 2. The van der Waals surface area contributed by atoms with Crippen LogP contribution in [0, 0.1) is 5.82 Å². The van der Waals surface area contributed by atoms with Crippen LogP contribution in [0.2, 0.25) is 5.02 Å². The normalized spacial score (nSPS) is 10.7. The molecular formula is C20H18ClFN2O2. The quantitative estimate of drug-likeness (QED) is 0.628. The second-order valence-electron chi connectivity index (χ2n) is 5.97. The smallest absolute Gasteiger partial charge is 0.223 e. The number of rotatable bonds is 6. The molecule has 0 aliphatic carbocycles. The van der Waals surface area contributed by atoms with Crippen LogP contribution >= 0.6 is 11.6 Å². The molecule has 0 bridgehead atoms. The van der Waals surface area contributed by atoms with Gasteiger partial charge >= 0.3 is 0 Å². The molecule has 0 fully saturated rings. The van der Waals surface area contributed by atoms with E-state index in [4.69, 9.17) is 16.0 Å². The van der Waals surface area contributed by atoms with E-state index < -0.39 is 0 Å². The lowest BCUT2D eigenvalue weighted by atomic mass is 10.2. The van der Waals surface area contributed by atoms with Crippen LogP contribution in [0.15, 0.2) is 59.1 Å². The molecule has 4 nitrogen and oxygen atoms in total. The highest BCUT2D eigenvalue weighted by Crippen LogP contribution is 2.28. The van der Waals surface area contributed by atoms with Crippen molar-refractivity contribution >= 4 is 17.5 Å². The monoisotopic (exact) mass is 372 g/mol. The lowest BCUT2D eigenvalue weighted by Gasteiger charge is -2.16. The lowest BCUT2D eigenvalue weighted by molar-refractivity contribution is -0.130. The van der Waals surface area contributed by atoms with Gasteiger partial charge in [-0.05, 0) is 29.8 Å². The summed E-state index contributed by atoms with van der Waals surface area (Å²) in [6.45, 7) is 0.426. The van der Waals surface area contributed by atoms with E-state index in [1.165, 1.54) is 12.1 Å². The van der Waals surface area contributed by atoms with Gasteiger partial charge in [-0.3, -0.25) is 4.79 Å². The molecule has 1 aromatic heterocycles. The Morgan fingerprint density at radius 2 is 1.92 bits per heavy atom. The summed E-state index contributed by atoms with van der Waals surface area (Å²) in [6.07, 6.45) is 2.29. The predicted octanol–water partition coefficient (Wildman–Crippen LogP) is 4.73. The van der Waals surface area contributed by atoms with E-state index in [2.05, 4.69) is 4.98 Å². The highest BCUT2D eigenvalue weighted by molar-refractivity contribution is 6.33. The zero-order chi connectivity index (χ0) is 18.5. The van der Waals surface area contributed by atoms with Crippen molar-refractivity contribution in [3.63, 3.8) is 0 Å². The second-order valence-corrected chi connectivity index (χ2v) is 6.38. The first-order valence-corrected chi connectivity index (χ1v) is 8.59. The molecule has 26 heavy (non-hydrogen) atoms. The number of carbonyl (C=O) groups excluding carboxylic acids is 1. The average molecular weight is 373 g/mol. The molecule has 0 radical (unpaired) electrons. The summed E-state index contributed by atoms with van der Waals surface area (Å²) in [6, 6.07) is 13.5. The summed E-state index contributed by atoms with van der Waals surface area (Å²) in [5.41, 5.74) is 1.65. The van der Waals surface area contributed by atoms with E-state index >= 15 is 0 Å². The fraction of sp³-hybridized carbons (Fsp3) is 0.200. The molecule has 1 heterocycles. The summed E-state index contributed by atoms with van der Waals surface area (Å²) in [5.74, 6) is 0.744. The Morgan fingerprint density at radius 3 is 2.65 bits per heavy atom. The van der Waals surface area contributed by atoms with Crippen molar-refractivity contribution in [1.82, 2.24) is 9.88 Å². The van der Waals surface area contributed by atoms with E-state index in [0.717, 1.165) is 11.1 Å². The minimum atomic E-state index is -0.291. The van der Waals surface area contributed by atoms with Crippen molar-refractivity contribution in [3.8, 4) is 11.3 Å². The third kappa shape index (κ3) is 4.49. The third-order valence-corrected chi connectivity index (χ3v) is 4.33. The van der Waals surface area contributed by atoms with Gasteiger partial charge in [0.1, 0.15) is 5.82 Å². The number of hydrogen-bond donors (Lipinski definition) is 0. The van der Waals surface area contributed by atoms with E-state index in [1.807, 2.05) is 18.2 Å². The molecule has 0 spiro atoms. The molecule has 0 atom stereocenters. The zero-order valence-electron chi connectivity index (χ0n) is 14.3. The molecule has 3 aromatic rings. The summed E-state index contributed by atoms with van der Waals surface area (Å²) in [7, 11) is 1.72. The van der Waals surface area contributed by atoms with Crippen LogP contribution in [0.1, 0.15) is 17.9 Å². The Hall–Kier alpha value is -2.66. The fourth-order valence-corrected chi connectivity index (χ4v) is 2.80. The zero-order valence-corrected chi connectivity index (χ0v) is 15.0. The van der Waals surface area contributed by atoms with Crippen molar-refractivity contribution in [2.24, 2.45) is 0 Å². The summed E-state index contributed by atoms with van der Waals surface area (Å²) >= 11 is 6.15.